The molecule has 0 fully saturated rings. The van der Waals surface area contributed by atoms with Crippen LogP contribution in [0.5, 0.6) is 5.75 Å². The van der Waals surface area contributed by atoms with E-state index < -0.39 is 0 Å². The Kier molecular flexibility index (Phi) is 8.82. The number of nitrogens with zero attached hydrogens (tertiary/aromatic N) is 2. The van der Waals surface area contributed by atoms with Gasteiger partial charge in [-0.1, -0.05) is 59.6 Å². The van der Waals surface area contributed by atoms with Crippen LogP contribution < -0.4 is 20.1 Å². The highest BCUT2D eigenvalue weighted by Crippen LogP contribution is 2.39. The number of imidazole rings is 1. The Labute approximate surface area is 230 Å². The summed E-state index contributed by atoms with van der Waals surface area (Å²) in [4.78, 5) is 30.3. The van der Waals surface area contributed by atoms with Crippen molar-refractivity contribution in [3.05, 3.63) is 65.2 Å². The molecule has 38 heavy (non-hydrogen) atoms. The van der Waals surface area contributed by atoms with Crippen molar-refractivity contribution in [1.29, 1.82) is 0 Å². The van der Waals surface area contributed by atoms with Crippen LogP contribution in [0.15, 0.2) is 42.9 Å². The molecule has 0 saturated carbocycles. The predicted octanol–water partition coefficient (Wildman–Crippen LogP) is 6.20. The minimum Gasteiger partial charge on any atom is -0.492 e. The van der Waals surface area contributed by atoms with E-state index in [1.54, 1.807) is 36.3 Å². The van der Waals surface area contributed by atoms with Crippen molar-refractivity contribution >= 4 is 35.1 Å². The highest BCUT2D eigenvalue weighted by atomic mass is 32.2. The fraction of sp³-hybridized carbons (Fsp3) is 0.414. The number of hydrogen-bond acceptors (Lipinski definition) is 6. The number of anilines is 2. The fourth-order valence-corrected chi connectivity index (χ4v) is 4.16. The van der Waals surface area contributed by atoms with Crippen LogP contribution in [0.1, 0.15) is 73.5 Å². The third-order valence-corrected chi connectivity index (χ3v) is 6.39. The lowest BCUT2D eigenvalue weighted by Crippen LogP contribution is -2.32. The van der Waals surface area contributed by atoms with Crippen molar-refractivity contribution in [2.45, 2.75) is 53.9 Å². The molecule has 3 rings (SSSR count). The molecule has 0 saturated heterocycles. The second-order valence-corrected chi connectivity index (χ2v) is 12.1. The lowest BCUT2D eigenvalue weighted by Gasteiger charge is -2.24. The van der Waals surface area contributed by atoms with E-state index in [-0.39, 0.29) is 22.6 Å². The smallest absolute Gasteiger partial charge is 0.271 e. The van der Waals surface area contributed by atoms with Crippen molar-refractivity contribution in [2.75, 3.05) is 29.9 Å². The monoisotopic (exact) mass is 537 g/mol. The Hall–Kier alpha value is -3.46. The van der Waals surface area contributed by atoms with Gasteiger partial charge in [0.15, 0.2) is 5.75 Å². The van der Waals surface area contributed by atoms with E-state index in [4.69, 9.17) is 4.74 Å². The van der Waals surface area contributed by atoms with E-state index in [0.29, 0.717) is 29.2 Å². The van der Waals surface area contributed by atoms with Crippen molar-refractivity contribution in [2.24, 2.45) is 5.41 Å². The van der Waals surface area contributed by atoms with Gasteiger partial charge in [0, 0.05) is 24.6 Å². The van der Waals surface area contributed by atoms with Crippen LogP contribution in [-0.4, -0.2) is 41.3 Å². The van der Waals surface area contributed by atoms with E-state index in [1.165, 1.54) is 11.9 Å². The number of ether oxygens (including phenoxy) is 1. The second kappa shape index (κ2) is 11.5. The Bertz CT molecular complexity index is 1320. The molecule has 0 aliphatic carbocycles. The largest absolute Gasteiger partial charge is 0.492 e. The number of methoxy groups -OCH3 is 1. The van der Waals surface area contributed by atoms with Crippen LogP contribution >= 0.6 is 11.9 Å². The Balaban J connectivity index is 1.91. The first-order valence-corrected chi connectivity index (χ1v) is 13.7. The van der Waals surface area contributed by atoms with Crippen molar-refractivity contribution in [3.63, 3.8) is 0 Å². The first kappa shape index (κ1) is 29.1. The first-order chi connectivity index (χ1) is 17.7. The molecular formula is C29H39N5O3S. The summed E-state index contributed by atoms with van der Waals surface area (Å²) >= 11 is 1.46. The molecule has 0 spiro atoms. The zero-order valence-corrected chi connectivity index (χ0v) is 24.6. The van der Waals surface area contributed by atoms with E-state index in [9.17, 15) is 9.59 Å². The van der Waals surface area contributed by atoms with Gasteiger partial charge in [0.25, 0.3) is 11.8 Å². The maximum Gasteiger partial charge on any atom is 0.271 e. The summed E-state index contributed by atoms with van der Waals surface area (Å²) in [6.45, 7) is 15.0. The average molecular weight is 538 g/mol. The zero-order valence-electron chi connectivity index (χ0n) is 23.8. The lowest BCUT2D eigenvalue weighted by molar-refractivity contribution is 0.0934. The summed E-state index contributed by atoms with van der Waals surface area (Å²) in [5.74, 6) is 0.0632. The number of carbonyl (C=O) groups is 2. The van der Waals surface area contributed by atoms with Crippen LogP contribution in [0, 0.1) is 12.3 Å². The average Bonchev–Trinajstić information content (AvgIpc) is 3.32. The number of aromatic nitrogens is 2. The van der Waals surface area contributed by atoms with Crippen LogP contribution in [0.3, 0.4) is 0 Å². The molecule has 3 N–H and O–H groups in total. The third-order valence-electron chi connectivity index (χ3n) is 5.96. The fourth-order valence-electron chi connectivity index (χ4n) is 3.79. The van der Waals surface area contributed by atoms with Gasteiger partial charge in [-0.2, -0.15) is 0 Å². The van der Waals surface area contributed by atoms with Gasteiger partial charge in [0.2, 0.25) is 0 Å². The number of amides is 2. The van der Waals surface area contributed by atoms with Gasteiger partial charge in [0.1, 0.15) is 12.0 Å². The molecule has 3 aromatic rings. The topological polar surface area (TPSA) is 97.3 Å². The van der Waals surface area contributed by atoms with Gasteiger partial charge < -0.3 is 24.7 Å². The van der Waals surface area contributed by atoms with Gasteiger partial charge in [-0.3, -0.25) is 9.59 Å². The molecule has 2 amide bonds. The Morgan fingerprint density at radius 1 is 1.03 bits per heavy atom. The maximum atomic E-state index is 13.4. The summed E-state index contributed by atoms with van der Waals surface area (Å²) in [7, 11) is 1.59. The minimum atomic E-state index is -0.269. The van der Waals surface area contributed by atoms with Gasteiger partial charge in [-0.05, 0) is 53.1 Å². The number of benzene rings is 2. The molecule has 0 atom stereocenters. The molecule has 1 aromatic heterocycles. The SMILES string of the molecule is COc1c(NSC)cc(C(C)(C)C)cc1NC(=O)c1ccc(C)c(-n2cnc(C(=O)NCC(C)(C)C)c2)c1. The highest BCUT2D eigenvalue weighted by Gasteiger charge is 2.22. The number of carbonyl (C=O) groups excluding carboxylic acids is 2. The normalized spacial score (nSPS) is 11.7. The van der Waals surface area contributed by atoms with Crippen molar-refractivity contribution in [1.82, 2.24) is 14.9 Å². The molecule has 1 heterocycles. The maximum absolute atomic E-state index is 13.4. The van der Waals surface area contributed by atoms with Crippen LogP contribution in [0.25, 0.3) is 5.69 Å². The molecule has 0 radical (unpaired) electrons. The van der Waals surface area contributed by atoms with Gasteiger partial charge >= 0.3 is 0 Å². The zero-order chi connectivity index (χ0) is 28.3. The summed E-state index contributed by atoms with van der Waals surface area (Å²) < 4.78 is 10.7. The standard InChI is InChI=1S/C29H39N5O3S/c1-18-10-11-19(12-24(18)34-15-23(31-17-34)27(36)30-16-28(2,3)4)26(35)32-21-13-20(29(5,6)7)14-22(33-38-9)25(21)37-8/h10-15,17,33H,16H2,1-9H3,(H,30,36)(H,32,35). The highest BCUT2D eigenvalue weighted by molar-refractivity contribution is 7.99. The number of rotatable bonds is 8. The number of hydrogen-bond donors (Lipinski definition) is 3. The molecule has 0 aliphatic heterocycles. The van der Waals surface area contributed by atoms with E-state index in [0.717, 1.165) is 22.5 Å². The number of nitrogens with one attached hydrogen (secondary N) is 3. The summed E-state index contributed by atoms with van der Waals surface area (Å²) in [5, 5.41) is 5.96. The van der Waals surface area contributed by atoms with E-state index >= 15 is 0 Å². The molecule has 2 aromatic carbocycles. The lowest BCUT2D eigenvalue weighted by atomic mass is 9.86. The van der Waals surface area contributed by atoms with Crippen molar-refractivity contribution in [3.8, 4) is 11.4 Å². The molecular weight excluding hydrogens is 498 g/mol. The molecule has 0 bridgehead atoms. The molecule has 9 heteroatoms. The van der Waals surface area contributed by atoms with E-state index in [1.807, 2.05) is 31.4 Å². The summed E-state index contributed by atoms with van der Waals surface area (Å²) in [5.41, 5.74) is 4.78. The Morgan fingerprint density at radius 3 is 2.32 bits per heavy atom. The summed E-state index contributed by atoms with van der Waals surface area (Å²) in [6, 6.07) is 9.46. The van der Waals surface area contributed by atoms with Gasteiger partial charge in [-0.25, -0.2) is 4.98 Å². The minimum absolute atomic E-state index is 0.0300. The van der Waals surface area contributed by atoms with Gasteiger partial charge in [0.05, 0.1) is 24.2 Å². The quantitative estimate of drug-likeness (QED) is 0.296. The number of aryl methyl sites for hydroxylation is 1. The van der Waals surface area contributed by atoms with Crippen LogP contribution in [0.4, 0.5) is 11.4 Å². The van der Waals surface area contributed by atoms with Crippen LogP contribution in [0.2, 0.25) is 0 Å². The van der Waals surface area contributed by atoms with Gasteiger partial charge in [-0.15, -0.1) is 0 Å². The molecule has 0 unspecified atom stereocenters. The van der Waals surface area contributed by atoms with Crippen molar-refractivity contribution < 1.29 is 14.3 Å². The Morgan fingerprint density at radius 2 is 1.71 bits per heavy atom. The third kappa shape index (κ3) is 7.10. The van der Waals surface area contributed by atoms with Crippen LogP contribution in [-0.2, 0) is 5.41 Å². The second-order valence-electron chi connectivity index (χ2n) is 11.5. The summed E-state index contributed by atoms with van der Waals surface area (Å²) in [6.07, 6.45) is 5.20. The first-order valence-electron chi connectivity index (χ1n) is 12.5. The molecule has 0 aliphatic rings. The molecule has 204 valence electrons. The molecule has 8 nitrogen and oxygen atoms in total. The van der Waals surface area contributed by atoms with E-state index in [2.05, 4.69) is 61.9 Å². The predicted molar refractivity (Wildman–Crippen MR) is 157 cm³/mol.